The van der Waals surface area contributed by atoms with Crippen molar-refractivity contribution < 1.29 is 0 Å². The summed E-state index contributed by atoms with van der Waals surface area (Å²) < 4.78 is 0. The molecule has 0 N–H and O–H groups in total. The minimum atomic E-state index is 0.698. The average Bonchev–Trinajstić information content (AvgIpc) is 2.98. The van der Waals surface area contributed by atoms with Crippen LogP contribution in [-0.4, -0.2) is 45.7 Å². The molecular weight excluding hydrogens is 298 g/mol. The van der Waals surface area contributed by atoms with Gasteiger partial charge in [0.1, 0.15) is 0 Å². The maximum Gasteiger partial charge on any atom is 0.0904 e. The number of hydrogen-bond donors (Lipinski definition) is 0. The Labute approximate surface area is 142 Å². The molecule has 1 fully saturated rings. The first kappa shape index (κ1) is 15.4. The predicted octanol–water partition coefficient (Wildman–Crippen LogP) is 2.75. The molecule has 4 rings (SSSR count). The molecule has 124 valence electrons. The second-order valence-corrected chi connectivity index (χ2v) is 6.97. The Morgan fingerprint density at radius 3 is 2.83 bits per heavy atom. The van der Waals surface area contributed by atoms with Gasteiger partial charge >= 0.3 is 0 Å². The third kappa shape index (κ3) is 3.08. The fraction of sp³-hybridized carbons (Fsp3) is 0.474. The summed E-state index contributed by atoms with van der Waals surface area (Å²) in [7, 11) is 2.20. The Kier molecular flexibility index (Phi) is 4.10. The van der Waals surface area contributed by atoms with E-state index < -0.39 is 0 Å². The third-order valence-electron chi connectivity index (χ3n) is 5.14. The lowest BCUT2D eigenvalue weighted by Gasteiger charge is -2.28. The van der Waals surface area contributed by atoms with E-state index in [0.717, 1.165) is 46.3 Å². The van der Waals surface area contributed by atoms with Gasteiger partial charge < -0.3 is 4.90 Å². The highest BCUT2D eigenvalue weighted by atomic mass is 15.1. The number of nitrogens with zero attached hydrogens (tertiary/aromatic N) is 5. The normalized spacial score (nSPS) is 18.5. The van der Waals surface area contributed by atoms with Gasteiger partial charge in [0.25, 0.3) is 0 Å². The molecule has 1 saturated heterocycles. The quantitative estimate of drug-likeness (QED) is 0.872. The van der Waals surface area contributed by atoms with Gasteiger partial charge in [-0.25, -0.2) is 4.98 Å². The highest BCUT2D eigenvalue weighted by Crippen LogP contribution is 2.24. The van der Waals surface area contributed by atoms with Crippen molar-refractivity contribution in [3.63, 3.8) is 0 Å². The molecule has 4 heterocycles. The number of piperidine rings is 1. The molecule has 0 spiro atoms. The highest BCUT2D eigenvalue weighted by Gasteiger charge is 2.19. The summed E-state index contributed by atoms with van der Waals surface area (Å²) in [6.07, 6.45) is 9.17. The van der Waals surface area contributed by atoms with Gasteiger partial charge in [0.15, 0.2) is 0 Å². The van der Waals surface area contributed by atoms with Gasteiger partial charge in [-0.1, -0.05) is 0 Å². The number of fused-ring (bicyclic) bond motifs is 1. The lowest BCUT2D eigenvalue weighted by molar-refractivity contribution is 0.218. The Morgan fingerprint density at radius 2 is 2.00 bits per heavy atom. The van der Waals surface area contributed by atoms with Crippen LogP contribution < -0.4 is 0 Å². The molecule has 5 nitrogen and oxygen atoms in total. The second kappa shape index (κ2) is 6.40. The Morgan fingerprint density at radius 1 is 1.17 bits per heavy atom. The highest BCUT2D eigenvalue weighted by molar-refractivity contribution is 6.02. The second-order valence-electron chi connectivity index (χ2n) is 6.97. The lowest BCUT2D eigenvalue weighted by atomic mass is 9.92. The fourth-order valence-electron chi connectivity index (χ4n) is 3.56. The lowest BCUT2D eigenvalue weighted by Crippen LogP contribution is -2.31. The third-order valence-corrected chi connectivity index (χ3v) is 5.14. The SMILES string of the molecule is CC1=NCc2ncc(-c3cncc(CC4CCN(C)CC4)n3)cc21. The molecule has 0 unspecified atom stereocenters. The number of pyridine rings is 1. The zero-order valence-corrected chi connectivity index (χ0v) is 14.4. The van der Waals surface area contributed by atoms with Crippen molar-refractivity contribution >= 4 is 5.71 Å². The van der Waals surface area contributed by atoms with Crippen LogP contribution in [0.2, 0.25) is 0 Å². The molecule has 2 aliphatic heterocycles. The molecular formula is C19H23N5. The van der Waals surface area contributed by atoms with Crippen molar-refractivity contribution in [1.82, 2.24) is 19.9 Å². The maximum absolute atomic E-state index is 4.85. The minimum Gasteiger partial charge on any atom is -0.306 e. The summed E-state index contributed by atoms with van der Waals surface area (Å²) in [6, 6.07) is 2.15. The first-order valence-electron chi connectivity index (χ1n) is 8.69. The number of rotatable bonds is 3. The molecule has 0 amide bonds. The van der Waals surface area contributed by atoms with Crippen LogP contribution >= 0.6 is 0 Å². The molecule has 0 aliphatic carbocycles. The van der Waals surface area contributed by atoms with Crippen LogP contribution in [0.25, 0.3) is 11.3 Å². The van der Waals surface area contributed by atoms with Gasteiger partial charge in [-0.15, -0.1) is 0 Å². The molecule has 0 saturated carbocycles. The smallest absolute Gasteiger partial charge is 0.0904 e. The van der Waals surface area contributed by atoms with Crippen molar-refractivity contribution in [2.75, 3.05) is 20.1 Å². The van der Waals surface area contributed by atoms with Crippen molar-refractivity contribution in [1.29, 1.82) is 0 Å². The number of aliphatic imine (C=N–C) groups is 1. The largest absolute Gasteiger partial charge is 0.306 e. The molecule has 24 heavy (non-hydrogen) atoms. The van der Waals surface area contributed by atoms with E-state index in [2.05, 4.69) is 33.0 Å². The van der Waals surface area contributed by atoms with E-state index in [1.807, 2.05) is 25.5 Å². The molecule has 0 bridgehead atoms. The molecule has 2 aliphatic rings. The Balaban J connectivity index is 1.55. The molecule has 2 aromatic heterocycles. The Bertz CT molecular complexity index is 775. The van der Waals surface area contributed by atoms with E-state index in [-0.39, 0.29) is 0 Å². The van der Waals surface area contributed by atoms with E-state index >= 15 is 0 Å². The summed E-state index contributed by atoms with van der Waals surface area (Å²) in [5, 5.41) is 0. The van der Waals surface area contributed by atoms with E-state index in [1.54, 1.807) is 0 Å². The first-order chi connectivity index (χ1) is 11.7. The van der Waals surface area contributed by atoms with Gasteiger partial charge in [0, 0.05) is 29.2 Å². The molecule has 0 atom stereocenters. The molecule has 0 aromatic carbocycles. The van der Waals surface area contributed by atoms with E-state index in [4.69, 9.17) is 4.98 Å². The Hall–Kier alpha value is -2.14. The van der Waals surface area contributed by atoms with Crippen LogP contribution in [0, 0.1) is 5.92 Å². The maximum atomic E-state index is 4.85. The van der Waals surface area contributed by atoms with Gasteiger partial charge in [-0.05, 0) is 58.3 Å². The summed E-state index contributed by atoms with van der Waals surface area (Å²) in [5.41, 5.74) is 6.31. The first-order valence-corrected chi connectivity index (χ1v) is 8.69. The molecule has 0 radical (unpaired) electrons. The summed E-state index contributed by atoms with van der Waals surface area (Å²) in [5.74, 6) is 0.721. The van der Waals surface area contributed by atoms with Crippen molar-refractivity contribution in [2.45, 2.75) is 32.7 Å². The minimum absolute atomic E-state index is 0.698. The number of likely N-dealkylation sites (tertiary alicyclic amines) is 1. The van der Waals surface area contributed by atoms with Crippen LogP contribution in [0.5, 0.6) is 0 Å². The van der Waals surface area contributed by atoms with E-state index in [1.165, 1.54) is 25.9 Å². The average molecular weight is 321 g/mol. The monoisotopic (exact) mass is 321 g/mol. The zero-order valence-electron chi connectivity index (χ0n) is 14.4. The van der Waals surface area contributed by atoms with Crippen LogP contribution in [0.3, 0.4) is 0 Å². The van der Waals surface area contributed by atoms with Crippen LogP contribution in [0.15, 0.2) is 29.6 Å². The van der Waals surface area contributed by atoms with Crippen molar-refractivity contribution in [2.24, 2.45) is 10.9 Å². The molecule has 2 aromatic rings. The van der Waals surface area contributed by atoms with Crippen LogP contribution in [-0.2, 0) is 13.0 Å². The summed E-state index contributed by atoms with van der Waals surface area (Å²) in [4.78, 5) is 20.7. The van der Waals surface area contributed by atoms with Gasteiger partial charge in [-0.3, -0.25) is 15.0 Å². The molecule has 5 heteroatoms. The zero-order chi connectivity index (χ0) is 16.5. The fourth-order valence-corrected chi connectivity index (χ4v) is 3.56. The van der Waals surface area contributed by atoms with Gasteiger partial charge in [-0.2, -0.15) is 0 Å². The van der Waals surface area contributed by atoms with Crippen LogP contribution in [0.1, 0.15) is 36.7 Å². The van der Waals surface area contributed by atoms with E-state index in [9.17, 15) is 0 Å². The van der Waals surface area contributed by atoms with Crippen molar-refractivity contribution in [3.05, 3.63) is 41.6 Å². The summed E-state index contributed by atoms with van der Waals surface area (Å²) in [6.45, 7) is 5.11. The standard InChI is InChI=1S/C19H23N5/c1-13-17-8-15(9-22-19(17)12-21-13)18-11-20-10-16(23-18)7-14-3-5-24(2)6-4-14/h8-11,14H,3-7,12H2,1-2H3. The predicted molar refractivity (Wildman–Crippen MR) is 95.1 cm³/mol. The van der Waals surface area contributed by atoms with Gasteiger partial charge in [0.2, 0.25) is 0 Å². The topological polar surface area (TPSA) is 54.3 Å². The van der Waals surface area contributed by atoms with Crippen molar-refractivity contribution in [3.8, 4) is 11.3 Å². The summed E-state index contributed by atoms with van der Waals surface area (Å²) >= 11 is 0. The number of hydrogen-bond acceptors (Lipinski definition) is 5. The van der Waals surface area contributed by atoms with E-state index in [0.29, 0.717) is 6.54 Å². The van der Waals surface area contributed by atoms with Gasteiger partial charge in [0.05, 0.1) is 29.8 Å². The number of aromatic nitrogens is 3. The van der Waals surface area contributed by atoms with Crippen LogP contribution in [0.4, 0.5) is 0 Å².